The van der Waals surface area contributed by atoms with E-state index < -0.39 is 5.82 Å². The number of benzene rings is 1. The van der Waals surface area contributed by atoms with Crippen molar-refractivity contribution in [3.63, 3.8) is 0 Å². The van der Waals surface area contributed by atoms with Crippen molar-refractivity contribution in [3.8, 4) is 11.8 Å². The van der Waals surface area contributed by atoms with Crippen molar-refractivity contribution < 1.29 is 9.13 Å². The first-order chi connectivity index (χ1) is 16.9. The van der Waals surface area contributed by atoms with E-state index in [1.165, 1.54) is 18.3 Å². The van der Waals surface area contributed by atoms with Gasteiger partial charge in [-0.1, -0.05) is 32.0 Å². The molecule has 35 heavy (non-hydrogen) atoms. The van der Waals surface area contributed by atoms with Gasteiger partial charge in [0.25, 0.3) is 0 Å². The third-order valence-electron chi connectivity index (χ3n) is 6.05. The van der Waals surface area contributed by atoms with Gasteiger partial charge in [-0.15, -0.1) is 0 Å². The molecule has 2 heterocycles. The van der Waals surface area contributed by atoms with E-state index in [1.54, 1.807) is 12.3 Å². The molecular formula is C26H32ClFN6O. The third kappa shape index (κ3) is 6.93. The molecule has 0 spiro atoms. The largest absolute Gasteiger partial charge is 0.490 e. The van der Waals surface area contributed by atoms with Crippen molar-refractivity contribution >= 4 is 29.2 Å². The monoisotopic (exact) mass is 498 g/mol. The molecule has 3 rings (SSSR count). The second-order valence-electron chi connectivity index (χ2n) is 8.52. The minimum atomic E-state index is -0.407. The van der Waals surface area contributed by atoms with E-state index in [0.717, 1.165) is 18.5 Å². The zero-order chi connectivity index (χ0) is 25.4. The Kier molecular flexibility index (Phi) is 9.47. The summed E-state index contributed by atoms with van der Waals surface area (Å²) in [6, 6.07) is 6.83. The molecule has 0 radical (unpaired) electrons. The average Bonchev–Trinajstić information content (AvgIpc) is 3.23. The molecule has 1 fully saturated rings. The van der Waals surface area contributed by atoms with Gasteiger partial charge in [0.05, 0.1) is 23.4 Å². The Bertz CT molecular complexity index is 1090. The summed E-state index contributed by atoms with van der Waals surface area (Å²) in [6.45, 7) is 10.0. The van der Waals surface area contributed by atoms with Gasteiger partial charge in [-0.25, -0.2) is 9.38 Å². The van der Waals surface area contributed by atoms with Crippen LogP contribution in [0.4, 0.5) is 4.39 Å². The van der Waals surface area contributed by atoms with E-state index in [2.05, 4.69) is 42.1 Å². The van der Waals surface area contributed by atoms with Gasteiger partial charge in [0.15, 0.2) is 0 Å². The summed E-state index contributed by atoms with van der Waals surface area (Å²) in [5.41, 5.74) is 2.46. The lowest BCUT2D eigenvalue weighted by molar-refractivity contribution is 0.164. The first-order valence-electron chi connectivity index (χ1n) is 11.8. The van der Waals surface area contributed by atoms with Crippen molar-refractivity contribution in [2.45, 2.75) is 51.7 Å². The van der Waals surface area contributed by atoms with Crippen molar-refractivity contribution in [2.75, 3.05) is 19.6 Å². The third-order valence-corrected chi connectivity index (χ3v) is 6.26. The number of aliphatic imine (C=N–C) groups is 1. The van der Waals surface area contributed by atoms with Crippen LogP contribution in [0.1, 0.15) is 45.1 Å². The van der Waals surface area contributed by atoms with E-state index in [4.69, 9.17) is 27.0 Å². The highest BCUT2D eigenvalue weighted by Crippen LogP contribution is 2.33. The van der Waals surface area contributed by atoms with Crippen LogP contribution in [0.25, 0.3) is 5.70 Å². The molecule has 1 aromatic rings. The van der Waals surface area contributed by atoms with Crippen molar-refractivity contribution in [1.29, 1.82) is 10.7 Å². The summed E-state index contributed by atoms with van der Waals surface area (Å²) in [4.78, 5) is 6.24. The van der Waals surface area contributed by atoms with Crippen molar-refractivity contribution in [3.05, 3.63) is 58.8 Å². The maximum Gasteiger partial charge on any atom is 0.136 e. The maximum atomic E-state index is 14.3. The fourth-order valence-electron chi connectivity index (χ4n) is 4.17. The van der Waals surface area contributed by atoms with Gasteiger partial charge in [-0.05, 0) is 37.9 Å². The Balaban J connectivity index is 1.82. The lowest BCUT2D eigenvalue weighted by Crippen LogP contribution is -2.34. The minimum absolute atomic E-state index is 0.239. The van der Waals surface area contributed by atoms with Crippen molar-refractivity contribution in [1.82, 2.24) is 15.5 Å². The summed E-state index contributed by atoms with van der Waals surface area (Å²) >= 11 is 5.93. The molecular weight excluding hydrogens is 467 g/mol. The Hall–Kier alpha value is -3.15. The Morgan fingerprint density at radius 3 is 2.89 bits per heavy atom. The molecule has 1 saturated heterocycles. The highest BCUT2D eigenvalue weighted by atomic mass is 35.5. The Morgan fingerprint density at radius 2 is 2.23 bits per heavy atom. The van der Waals surface area contributed by atoms with Crippen LogP contribution >= 0.6 is 11.6 Å². The second-order valence-corrected chi connectivity index (χ2v) is 8.95. The lowest BCUT2D eigenvalue weighted by Gasteiger charge is -2.27. The number of ether oxygens (including phenoxy) is 1. The number of nitriles is 1. The fourth-order valence-corrected chi connectivity index (χ4v) is 4.28. The predicted octanol–water partition coefficient (Wildman–Crippen LogP) is 4.93. The zero-order valence-electron chi connectivity index (χ0n) is 20.2. The molecule has 186 valence electrons. The van der Waals surface area contributed by atoms with Crippen LogP contribution in [0.3, 0.4) is 0 Å². The Labute approximate surface area is 211 Å². The number of hydrogen-bond donors (Lipinski definition) is 3. The summed E-state index contributed by atoms with van der Waals surface area (Å²) in [5.74, 6) is 0.562. The van der Waals surface area contributed by atoms with Crippen LogP contribution in [-0.4, -0.2) is 48.6 Å². The molecule has 7 nitrogen and oxygen atoms in total. The SMILES string of the molecule is C=C(c1ccc(F)cc1OC(CCC#N)CC(CC)NCC)N1CC(=N)/C(=C2/N=CC(Cl)=CN2)C1. The molecule has 0 amide bonds. The number of rotatable bonds is 11. The summed E-state index contributed by atoms with van der Waals surface area (Å²) in [5, 5.41) is 24.5. The molecule has 1 aromatic carbocycles. The van der Waals surface area contributed by atoms with Gasteiger partial charge in [0.2, 0.25) is 0 Å². The van der Waals surface area contributed by atoms with Gasteiger partial charge < -0.3 is 25.7 Å². The fraction of sp³-hybridized carbons (Fsp3) is 0.423. The van der Waals surface area contributed by atoms with E-state index >= 15 is 0 Å². The summed E-state index contributed by atoms with van der Waals surface area (Å²) in [7, 11) is 0. The van der Waals surface area contributed by atoms with E-state index in [1.807, 2.05) is 4.90 Å². The minimum Gasteiger partial charge on any atom is -0.490 e. The molecule has 9 heteroatoms. The van der Waals surface area contributed by atoms with Gasteiger partial charge in [-0.3, -0.25) is 0 Å². The molecule has 0 bridgehead atoms. The second kappa shape index (κ2) is 12.5. The molecule has 3 N–H and O–H groups in total. The summed E-state index contributed by atoms with van der Waals surface area (Å²) < 4.78 is 20.6. The standard InChI is InChI=1S/C26H32ClFN6O/c1-4-20(31-5-2)12-21(7-6-10-29)35-25-11-19(28)8-9-22(25)17(3)34-15-23(24(30)16-34)26-32-13-18(27)14-33-26/h8-9,11,13-14,20-21,30-32H,3-7,12,15-16H2,1-2H3/b26-23+,30-24?. The molecule has 0 aromatic heterocycles. The van der Waals surface area contributed by atoms with Gasteiger partial charge in [-0.2, -0.15) is 5.26 Å². The van der Waals surface area contributed by atoms with Crippen molar-refractivity contribution in [2.24, 2.45) is 4.99 Å². The number of allylic oxidation sites excluding steroid dienone is 1. The molecule has 2 atom stereocenters. The predicted molar refractivity (Wildman–Crippen MR) is 139 cm³/mol. The van der Waals surface area contributed by atoms with Crippen LogP contribution in [0.5, 0.6) is 5.75 Å². The molecule has 2 aliphatic heterocycles. The van der Waals surface area contributed by atoms with Gasteiger partial charge in [0, 0.05) is 54.3 Å². The number of nitrogens with zero attached hydrogens (tertiary/aromatic N) is 3. The smallest absolute Gasteiger partial charge is 0.136 e. The number of nitrogens with one attached hydrogen (secondary N) is 3. The van der Waals surface area contributed by atoms with Crippen LogP contribution in [0.15, 0.2) is 52.4 Å². The molecule has 0 aliphatic carbocycles. The van der Waals surface area contributed by atoms with E-state index in [9.17, 15) is 4.39 Å². The van der Waals surface area contributed by atoms with Gasteiger partial charge in [0.1, 0.15) is 23.5 Å². The highest BCUT2D eigenvalue weighted by molar-refractivity contribution is 6.39. The number of halogens is 2. The Morgan fingerprint density at radius 1 is 1.43 bits per heavy atom. The van der Waals surface area contributed by atoms with Crippen LogP contribution in [0.2, 0.25) is 0 Å². The van der Waals surface area contributed by atoms with E-state index in [-0.39, 0.29) is 12.1 Å². The topological polar surface area (TPSA) is 96.5 Å². The molecule has 2 aliphatic rings. The van der Waals surface area contributed by atoms with Crippen LogP contribution in [-0.2, 0) is 0 Å². The van der Waals surface area contributed by atoms with Gasteiger partial charge >= 0.3 is 0 Å². The van der Waals surface area contributed by atoms with E-state index in [0.29, 0.717) is 65.9 Å². The van der Waals surface area contributed by atoms with Crippen LogP contribution in [0, 0.1) is 22.6 Å². The lowest BCUT2D eigenvalue weighted by atomic mass is 10.0. The normalized spacial score (nSPS) is 19.1. The maximum absolute atomic E-state index is 14.3. The first-order valence-corrected chi connectivity index (χ1v) is 12.2. The summed E-state index contributed by atoms with van der Waals surface area (Å²) in [6.07, 6.45) is 5.45. The highest BCUT2D eigenvalue weighted by Gasteiger charge is 2.29. The number of hydrogen-bond acceptors (Lipinski definition) is 7. The number of likely N-dealkylation sites (tertiary alicyclic amines) is 1. The quantitative estimate of drug-likeness (QED) is 0.402. The first kappa shape index (κ1) is 26.5. The zero-order valence-corrected chi connectivity index (χ0v) is 21.0. The molecule has 0 saturated carbocycles. The average molecular weight is 499 g/mol. The molecule has 2 unspecified atom stereocenters. The van der Waals surface area contributed by atoms with Crippen LogP contribution < -0.4 is 15.4 Å².